The van der Waals surface area contributed by atoms with Gasteiger partial charge in [0.2, 0.25) is 5.88 Å². The predicted octanol–water partition coefficient (Wildman–Crippen LogP) is 3.09. The number of carbonyl (C=O) groups excluding carboxylic acids is 1. The van der Waals surface area contributed by atoms with E-state index in [0.717, 1.165) is 17.4 Å². The van der Waals surface area contributed by atoms with E-state index in [1.807, 2.05) is 19.1 Å². The second-order valence-corrected chi connectivity index (χ2v) is 7.03. The van der Waals surface area contributed by atoms with Crippen molar-refractivity contribution in [2.75, 3.05) is 25.6 Å². The van der Waals surface area contributed by atoms with E-state index in [4.69, 9.17) is 14.2 Å². The molecule has 27 heavy (non-hydrogen) atoms. The van der Waals surface area contributed by atoms with Crippen molar-refractivity contribution >= 4 is 39.0 Å². The number of esters is 1. The number of hydrogen-bond donors (Lipinski definition) is 1. The van der Waals surface area contributed by atoms with Crippen LogP contribution in [0.4, 0.5) is 11.5 Å². The summed E-state index contributed by atoms with van der Waals surface area (Å²) in [7, 11) is 1.36. The highest BCUT2D eigenvalue weighted by Crippen LogP contribution is 2.36. The molecule has 8 nitrogen and oxygen atoms in total. The van der Waals surface area contributed by atoms with Crippen LogP contribution in [0.15, 0.2) is 24.7 Å². The first-order valence-electron chi connectivity index (χ1n) is 8.46. The quantitative estimate of drug-likeness (QED) is 0.669. The Morgan fingerprint density at radius 1 is 1.37 bits per heavy atom. The van der Waals surface area contributed by atoms with Gasteiger partial charge in [-0.15, -0.1) is 11.3 Å². The van der Waals surface area contributed by atoms with Gasteiger partial charge in [0.05, 0.1) is 25.7 Å². The van der Waals surface area contributed by atoms with Gasteiger partial charge in [-0.05, 0) is 24.6 Å². The van der Waals surface area contributed by atoms with Crippen molar-refractivity contribution in [3.8, 4) is 5.88 Å². The van der Waals surface area contributed by atoms with Gasteiger partial charge in [0.15, 0.2) is 0 Å². The normalized spacial score (nSPS) is 16.4. The molecule has 4 heterocycles. The van der Waals surface area contributed by atoms with Gasteiger partial charge in [0.1, 0.15) is 33.6 Å². The number of pyridine rings is 1. The Kier molecular flexibility index (Phi) is 4.87. The van der Waals surface area contributed by atoms with Gasteiger partial charge in [0.25, 0.3) is 0 Å². The summed E-state index contributed by atoms with van der Waals surface area (Å²) >= 11 is 1.28. The molecule has 0 bridgehead atoms. The summed E-state index contributed by atoms with van der Waals surface area (Å²) in [6.45, 7) is 3.10. The molecule has 3 aromatic rings. The van der Waals surface area contributed by atoms with Crippen LogP contribution in [0.25, 0.3) is 10.2 Å². The van der Waals surface area contributed by atoms with Gasteiger partial charge in [-0.2, -0.15) is 0 Å². The van der Waals surface area contributed by atoms with Crippen molar-refractivity contribution in [3.63, 3.8) is 0 Å². The lowest BCUT2D eigenvalue weighted by Gasteiger charge is -2.15. The van der Waals surface area contributed by atoms with Crippen LogP contribution in [0.3, 0.4) is 0 Å². The number of rotatable bonds is 5. The van der Waals surface area contributed by atoms with Crippen molar-refractivity contribution in [1.82, 2.24) is 15.0 Å². The maximum Gasteiger partial charge on any atom is 0.348 e. The SMILES string of the molecule is COC(=O)c1sc2ncnc(Nc3cccnc3OC3CCOC3)c2c1C. The van der Waals surface area contributed by atoms with E-state index in [0.29, 0.717) is 40.3 Å². The van der Waals surface area contributed by atoms with Crippen LogP contribution >= 0.6 is 11.3 Å². The fourth-order valence-electron chi connectivity index (χ4n) is 2.92. The van der Waals surface area contributed by atoms with Crippen LogP contribution < -0.4 is 10.1 Å². The van der Waals surface area contributed by atoms with Gasteiger partial charge in [-0.1, -0.05) is 0 Å². The number of carbonyl (C=O) groups is 1. The second-order valence-electron chi connectivity index (χ2n) is 6.03. The molecule has 0 aliphatic carbocycles. The van der Waals surface area contributed by atoms with Crippen LogP contribution in [0, 0.1) is 6.92 Å². The Hall–Kier alpha value is -2.78. The van der Waals surface area contributed by atoms with Crippen LogP contribution in [0.2, 0.25) is 0 Å². The van der Waals surface area contributed by atoms with Gasteiger partial charge in [-0.3, -0.25) is 0 Å². The van der Waals surface area contributed by atoms with Gasteiger partial charge < -0.3 is 19.5 Å². The summed E-state index contributed by atoms with van der Waals surface area (Å²) in [6.07, 6.45) is 3.96. The topological polar surface area (TPSA) is 95.5 Å². The number of aromatic nitrogens is 3. The molecule has 0 aromatic carbocycles. The molecule has 1 unspecified atom stereocenters. The maximum absolute atomic E-state index is 12.0. The number of hydrogen-bond acceptors (Lipinski definition) is 9. The molecule has 4 rings (SSSR count). The molecule has 0 spiro atoms. The molecule has 1 atom stereocenters. The standard InChI is InChI=1S/C18H18N4O4S/c1-10-13-15(20-9-21-17(13)27-14(10)18(23)24-2)22-12-4-3-6-19-16(12)26-11-5-7-25-8-11/h3-4,6,9,11H,5,7-8H2,1-2H3,(H,20,21,22). The van der Waals surface area contributed by atoms with E-state index in [1.165, 1.54) is 24.8 Å². The van der Waals surface area contributed by atoms with Gasteiger partial charge in [0, 0.05) is 12.6 Å². The summed E-state index contributed by atoms with van der Waals surface area (Å²) < 4.78 is 16.2. The van der Waals surface area contributed by atoms with Crippen molar-refractivity contribution in [2.24, 2.45) is 0 Å². The Labute approximate surface area is 159 Å². The largest absolute Gasteiger partial charge is 0.470 e. The van der Waals surface area contributed by atoms with Gasteiger partial charge in [-0.25, -0.2) is 19.7 Å². The van der Waals surface area contributed by atoms with E-state index in [9.17, 15) is 4.79 Å². The molecule has 1 saturated heterocycles. The first-order chi connectivity index (χ1) is 13.2. The lowest BCUT2D eigenvalue weighted by Crippen LogP contribution is -2.17. The summed E-state index contributed by atoms with van der Waals surface area (Å²) in [5, 5.41) is 4.06. The monoisotopic (exact) mass is 386 g/mol. The molecule has 0 radical (unpaired) electrons. The van der Waals surface area contributed by atoms with Crippen LogP contribution in [0.1, 0.15) is 21.7 Å². The van der Waals surface area contributed by atoms with Crippen molar-refractivity contribution < 1.29 is 19.0 Å². The Balaban J connectivity index is 1.70. The van der Waals surface area contributed by atoms with Crippen molar-refractivity contribution in [1.29, 1.82) is 0 Å². The molecule has 1 N–H and O–H groups in total. The number of nitrogens with one attached hydrogen (secondary N) is 1. The molecule has 9 heteroatoms. The van der Waals surface area contributed by atoms with Crippen molar-refractivity contribution in [2.45, 2.75) is 19.4 Å². The molecular formula is C18H18N4O4S. The third kappa shape index (κ3) is 3.43. The zero-order valence-corrected chi connectivity index (χ0v) is 15.7. The summed E-state index contributed by atoms with van der Waals surface area (Å²) in [4.78, 5) is 26.2. The van der Waals surface area contributed by atoms with E-state index < -0.39 is 0 Å². The first kappa shape index (κ1) is 17.6. The second kappa shape index (κ2) is 7.45. The first-order valence-corrected chi connectivity index (χ1v) is 9.28. The highest BCUT2D eigenvalue weighted by Gasteiger charge is 2.22. The summed E-state index contributed by atoms with van der Waals surface area (Å²) in [5.41, 5.74) is 1.47. The van der Waals surface area contributed by atoms with E-state index >= 15 is 0 Å². The average Bonchev–Trinajstić information content (AvgIpc) is 3.31. The predicted molar refractivity (Wildman–Crippen MR) is 101 cm³/mol. The fourth-order valence-corrected chi connectivity index (χ4v) is 3.99. The zero-order chi connectivity index (χ0) is 18.8. The number of methoxy groups -OCH3 is 1. The lowest BCUT2D eigenvalue weighted by atomic mass is 10.2. The van der Waals surface area contributed by atoms with Crippen molar-refractivity contribution in [3.05, 3.63) is 35.1 Å². The van der Waals surface area contributed by atoms with Gasteiger partial charge >= 0.3 is 5.97 Å². The molecule has 0 saturated carbocycles. The number of fused-ring (bicyclic) bond motifs is 1. The highest BCUT2D eigenvalue weighted by atomic mass is 32.1. The molecule has 3 aromatic heterocycles. The number of nitrogens with zero attached hydrogens (tertiary/aromatic N) is 3. The highest BCUT2D eigenvalue weighted by molar-refractivity contribution is 7.20. The van der Waals surface area contributed by atoms with Crippen LogP contribution in [-0.2, 0) is 9.47 Å². The van der Waals surface area contributed by atoms with Crippen LogP contribution in [0.5, 0.6) is 5.88 Å². The van der Waals surface area contributed by atoms with E-state index in [-0.39, 0.29) is 12.1 Å². The van der Waals surface area contributed by atoms with Crippen LogP contribution in [-0.4, -0.2) is 47.3 Å². The number of ether oxygens (including phenoxy) is 3. The Morgan fingerprint density at radius 2 is 2.26 bits per heavy atom. The average molecular weight is 386 g/mol. The van der Waals surface area contributed by atoms with E-state index in [1.54, 1.807) is 6.20 Å². The molecule has 1 aliphatic rings. The molecule has 140 valence electrons. The summed E-state index contributed by atoms with van der Waals surface area (Å²) in [6, 6.07) is 3.69. The third-order valence-corrected chi connectivity index (χ3v) is 5.47. The summed E-state index contributed by atoms with van der Waals surface area (Å²) in [5.74, 6) is 0.693. The minimum Gasteiger partial charge on any atom is -0.470 e. The molecule has 1 aliphatic heterocycles. The fraction of sp³-hybridized carbons (Fsp3) is 0.333. The molecular weight excluding hydrogens is 368 g/mol. The number of anilines is 2. The lowest BCUT2D eigenvalue weighted by molar-refractivity contribution is 0.0605. The smallest absolute Gasteiger partial charge is 0.348 e. The zero-order valence-electron chi connectivity index (χ0n) is 14.9. The Bertz CT molecular complexity index is 985. The third-order valence-electron chi connectivity index (χ3n) is 4.29. The minimum atomic E-state index is -0.381. The molecule has 0 amide bonds. The number of aryl methyl sites for hydroxylation is 1. The Morgan fingerprint density at radius 3 is 3.04 bits per heavy atom. The molecule has 1 fully saturated rings. The number of thiophene rings is 1. The van der Waals surface area contributed by atoms with E-state index in [2.05, 4.69) is 20.3 Å². The minimum absolute atomic E-state index is 0.0142. The maximum atomic E-state index is 12.0.